The molecule has 0 aliphatic carbocycles. The molecule has 0 bridgehead atoms. The van der Waals surface area contributed by atoms with E-state index in [0.29, 0.717) is 23.5 Å². The highest BCUT2D eigenvalue weighted by molar-refractivity contribution is 9.10. The number of guanidine groups is 1. The molecule has 0 aromatic heterocycles. The fourth-order valence-corrected chi connectivity index (χ4v) is 1.67. The van der Waals surface area contributed by atoms with Crippen LogP contribution in [-0.4, -0.2) is 32.3 Å². The van der Waals surface area contributed by atoms with Crippen molar-refractivity contribution in [2.75, 3.05) is 20.7 Å². The van der Waals surface area contributed by atoms with Crippen molar-refractivity contribution in [2.45, 2.75) is 26.0 Å². The van der Waals surface area contributed by atoms with Gasteiger partial charge in [-0.1, -0.05) is 6.07 Å². The van der Waals surface area contributed by atoms with E-state index in [1.165, 1.54) is 6.07 Å². The van der Waals surface area contributed by atoms with E-state index < -0.39 is 0 Å². The fraction of sp³-hybridized carbons (Fsp3) is 0.500. The predicted molar refractivity (Wildman–Crippen MR) is 83.4 cm³/mol. The van der Waals surface area contributed by atoms with Gasteiger partial charge in [0.15, 0.2) is 5.96 Å². The highest BCUT2D eigenvalue weighted by atomic mass is 79.9. The average molecular weight is 346 g/mol. The van der Waals surface area contributed by atoms with Crippen LogP contribution in [0.3, 0.4) is 0 Å². The molecular formula is C14H21BrFN3O. The molecule has 1 aromatic carbocycles. The molecule has 1 aromatic rings. The van der Waals surface area contributed by atoms with Gasteiger partial charge < -0.3 is 15.4 Å². The molecule has 0 unspecified atom stereocenters. The van der Waals surface area contributed by atoms with Crippen molar-refractivity contribution in [2.24, 2.45) is 4.99 Å². The summed E-state index contributed by atoms with van der Waals surface area (Å²) in [6.07, 6.45) is 0. The quantitative estimate of drug-likeness (QED) is 0.637. The Labute approximate surface area is 127 Å². The second-order valence-corrected chi connectivity index (χ2v) is 5.85. The number of nitrogens with one attached hydrogen (secondary N) is 2. The number of benzene rings is 1. The molecule has 112 valence electrons. The summed E-state index contributed by atoms with van der Waals surface area (Å²) in [7, 11) is 3.36. The monoisotopic (exact) mass is 345 g/mol. The Bertz CT molecular complexity index is 477. The van der Waals surface area contributed by atoms with Crippen molar-refractivity contribution in [1.82, 2.24) is 10.6 Å². The summed E-state index contributed by atoms with van der Waals surface area (Å²) in [6.45, 7) is 5.09. The second-order valence-electron chi connectivity index (χ2n) is 4.99. The van der Waals surface area contributed by atoms with Gasteiger partial charge in [0.2, 0.25) is 0 Å². The van der Waals surface area contributed by atoms with Gasteiger partial charge in [0.05, 0.1) is 10.1 Å². The van der Waals surface area contributed by atoms with Crippen LogP contribution in [-0.2, 0) is 11.3 Å². The van der Waals surface area contributed by atoms with Crippen LogP contribution in [0.25, 0.3) is 0 Å². The summed E-state index contributed by atoms with van der Waals surface area (Å²) in [4.78, 5) is 4.12. The standard InChI is InChI=1S/C14H21BrFN3O/c1-14(2,20-4)9-19-13(17-3)18-8-10-5-6-11(15)12(16)7-10/h5-7H,8-9H2,1-4H3,(H2,17,18,19). The van der Waals surface area contributed by atoms with E-state index in [2.05, 4.69) is 31.6 Å². The number of nitrogens with zero attached hydrogens (tertiary/aromatic N) is 1. The first kappa shape index (κ1) is 16.9. The van der Waals surface area contributed by atoms with Gasteiger partial charge in [-0.15, -0.1) is 0 Å². The van der Waals surface area contributed by atoms with Crippen molar-refractivity contribution in [3.8, 4) is 0 Å². The molecule has 0 saturated heterocycles. The second kappa shape index (κ2) is 7.59. The molecule has 0 radical (unpaired) electrons. The first-order chi connectivity index (χ1) is 9.38. The van der Waals surface area contributed by atoms with E-state index in [4.69, 9.17) is 4.74 Å². The Balaban J connectivity index is 2.51. The van der Waals surface area contributed by atoms with Crippen LogP contribution in [0.1, 0.15) is 19.4 Å². The minimum absolute atomic E-state index is 0.271. The fourth-order valence-electron chi connectivity index (χ4n) is 1.42. The summed E-state index contributed by atoms with van der Waals surface area (Å²) in [5.74, 6) is 0.381. The minimum Gasteiger partial charge on any atom is -0.377 e. The van der Waals surface area contributed by atoms with Gasteiger partial charge >= 0.3 is 0 Å². The number of ether oxygens (including phenoxy) is 1. The highest BCUT2D eigenvalue weighted by Crippen LogP contribution is 2.16. The molecule has 0 spiro atoms. The third kappa shape index (κ3) is 5.46. The summed E-state index contributed by atoms with van der Waals surface area (Å²) in [5.41, 5.74) is 0.570. The van der Waals surface area contributed by atoms with E-state index in [9.17, 15) is 4.39 Å². The lowest BCUT2D eigenvalue weighted by molar-refractivity contribution is 0.0268. The SMILES string of the molecule is CN=C(NCc1ccc(Br)c(F)c1)NCC(C)(C)OC. The zero-order chi connectivity index (χ0) is 15.2. The van der Waals surface area contributed by atoms with Crippen LogP contribution in [0.2, 0.25) is 0 Å². The predicted octanol–water partition coefficient (Wildman–Crippen LogP) is 2.68. The van der Waals surface area contributed by atoms with Gasteiger partial charge in [-0.05, 0) is 47.5 Å². The van der Waals surface area contributed by atoms with Crippen molar-refractivity contribution in [3.05, 3.63) is 34.1 Å². The van der Waals surface area contributed by atoms with E-state index in [0.717, 1.165) is 5.56 Å². The molecule has 6 heteroatoms. The van der Waals surface area contributed by atoms with Crippen molar-refractivity contribution in [3.63, 3.8) is 0 Å². The lowest BCUT2D eigenvalue weighted by Gasteiger charge is -2.24. The number of hydrogen-bond acceptors (Lipinski definition) is 2. The topological polar surface area (TPSA) is 45.7 Å². The Hall–Kier alpha value is -1.14. The molecule has 0 aliphatic rings. The van der Waals surface area contributed by atoms with E-state index in [1.54, 1.807) is 20.2 Å². The summed E-state index contributed by atoms with van der Waals surface area (Å²) >= 11 is 3.13. The summed E-state index contributed by atoms with van der Waals surface area (Å²) < 4.78 is 19.2. The third-order valence-corrected chi connectivity index (χ3v) is 3.54. The maximum atomic E-state index is 13.4. The highest BCUT2D eigenvalue weighted by Gasteiger charge is 2.16. The van der Waals surface area contributed by atoms with Crippen LogP contribution in [0.15, 0.2) is 27.7 Å². The van der Waals surface area contributed by atoms with Crippen molar-refractivity contribution < 1.29 is 9.13 Å². The van der Waals surface area contributed by atoms with Crippen LogP contribution < -0.4 is 10.6 Å². The van der Waals surface area contributed by atoms with Gasteiger partial charge in [-0.2, -0.15) is 0 Å². The van der Waals surface area contributed by atoms with Gasteiger partial charge in [-0.3, -0.25) is 4.99 Å². The molecule has 0 atom stereocenters. The lowest BCUT2D eigenvalue weighted by atomic mass is 10.1. The van der Waals surface area contributed by atoms with E-state index in [1.807, 2.05) is 19.9 Å². The van der Waals surface area contributed by atoms with Crippen molar-refractivity contribution >= 4 is 21.9 Å². The molecule has 2 N–H and O–H groups in total. The lowest BCUT2D eigenvalue weighted by Crippen LogP contribution is -2.45. The average Bonchev–Trinajstić information content (AvgIpc) is 2.42. The first-order valence-electron chi connectivity index (χ1n) is 6.31. The number of aliphatic imine (C=N–C) groups is 1. The molecule has 4 nitrogen and oxygen atoms in total. The molecule has 0 saturated carbocycles. The number of hydrogen-bond donors (Lipinski definition) is 2. The van der Waals surface area contributed by atoms with Gasteiger partial charge in [0.1, 0.15) is 5.82 Å². The Kier molecular flexibility index (Phi) is 6.42. The van der Waals surface area contributed by atoms with E-state index in [-0.39, 0.29) is 11.4 Å². The van der Waals surface area contributed by atoms with E-state index >= 15 is 0 Å². The smallest absolute Gasteiger partial charge is 0.191 e. The molecule has 0 aliphatic heterocycles. The maximum absolute atomic E-state index is 13.4. The zero-order valence-corrected chi connectivity index (χ0v) is 13.8. The molecule has 1 rings (SSSR count). The normalized spacial score (nSPS) is 12.4. The Morgan fingerprint density at radius 1 is 1.40 bits per heavy atom. The van der Waals surface area contributed by atoms with Gasteiger partial charge in [0.25, 0.3) is 0 Å². The van der Waals surface area contributed by atoms with Gasteiger partial charge in [0, 0.05) is 27.2 Å². The zero-order valence-electron chi connectivity index (χ0n) is 12.3. The number of rotatable bonds is 5. The largest absolute Gasteiger partial charge is 0.377 e. The Morgan fingerprint density at radius 2 is 2.10 bits per heavy atom. The molecule has 20 heavy (non-hydrogen) atoms. The molecule has 0 fully saturated rings. The third-order valence-electron chi connectivity index (χ3n) is 2.90. The summed E-state index contributed by atoms with van der Waals surface area (Å²) in [5, 5.41) is 6.30. The Morgan fingerprint density at radius 3 is 2.65 bits per heavy atom. The van der Waals surface area contributed by atoms with Crippen LogP contribution >= 0.6 is 15.9 Å². The van der Waals surface area contributed by atoms with Crippen LogP contribution in [0, 0.1) is 5.82 Å². The molecule has 0 heterocycles. The molecule has 0 amide bonds. The maximum Gasteiger partial charge on any atom is 0.191 e. The first-order valence-corrected chi connectivity index (χ1v) is 7.11. The van der Waals surface area contributed by atoms with Crippen LogP contribution in [0.4, 0.5) is 4.39 Å². The summed E-state index contributed by atoms with van der Waals surface area (Å²) in [6, 6.07) is 5.03. The number of methoxy groups -OCH3 is 1. The molecular weight excluding hydrogens is 325 g/mol. The number of halogens is 2. The van der Waals surface area contributed by atoms with Crippen LogP contribution in [0.5, 0.6) is 0 Å². The van der Waals surface area contributed by atoms with Gasteiger partial charge in [-0.25, -0.2) is 4.39 Å². The minimum atomic E-state index is -0.276. The van der Waals surface area contributed by atoms with Crippen molar-refractivity contribution in [1.29, 1.82) is 0 Å².